The summed E-state index contributed by atoms with van der Waals surface area (Å²) in [7, 11) is 0. The maximum absolute atomic E-state index is 4.15. The lowest BCUT2D eigenvalue weighted by molar-refractivity contribution is 0.591. The highest BCUT2D eigenvalue weighted by Crippen LogP contribution is 2.34. The molecule has 1 N–H and O–H groups in total. The number of hydrogen-bond acceptors (Lipinski definition) is 2. The van der Waals surface area contributed by atoms with E-state index in [9.17, 15) is 0 Å². The van der Waals surface area contributed by atoms with Crippen molar-refractivity contribution in [1.29, 1.82) is 0 Å². The van der Waals surface area contributed by atoms with E-state index < -0.39 is 0 Å². The van der Waals surface area contributed by atoms with Gasteiger partial charge in [0.2, 0.25) is 0 Å². The molecule has 0 saturated heterocycles. The Bertz CT molecular complexity index is 817. The molecule has 1 aliphatic heterocycles. The highest BCUT2D eigenvalue weighted by atomic mass is 15.3. The summed E-state index contributed by atoms with van der Waals surface area (Å²) in [5.41, 5.74) is 6.76. The van der Waals surface area contributed by atoms with Crippen molar-refractivity contribution in [2.75, 3.05) is 0 Å². The molecular formula is C22H22N2. The molecule has 2 nitrogen and oxygen atoms in total. The molecule has 0 saturated carbocycles. The van der Waals surface area contributed by atoms with Gasteiger partial charge in [-0.15, -0.1) is 0 Å². The fraction of sp³-hybridized carbons (Fsp3) is 0.0909. The Hall–Kier alpha value is -3.00. The zero-order chi connectivity index (χ0) is 17.1. The lowest BCUT2D eigenvalue weighted by Gasteiger charge is -2.26. The largest absolute Gasteiger partial charge is 0.341 e. The first-order chi connectivity index (χ1) is 11.6. The Balaban J connectivity index is 2.14. The van der Waals surface area contributed by atoms with E-state index in [0.717, 1.165) is 29.2 Å². The molecule has 24 heavy (non-hydrogen) atoms. The maximum atomic E-state index is 4.15. The van der Waals surface area contributed by atoms with E-state index >= 15 is 0 Å². The van der Waals surface area contributed by atoms with Crippen molar-refractivity contribution in [3.05, 3.63) is 114 Å². The molecule has 0 atom stereocenters. The molecule has 1 aromatic carbocycles. The van der Waals surface area contributed by atoms with E-state index in [4.69, 9.17) is 0 Å². The first-order valence-electron chi connectivity index (χ1n) is 8.02. The Labute approximate surface area is 144 Å². The quantitative estimate of drug-likeness (QED) is 0.815. The molecule has 0 bridgehead atoms. The van der Waals surface area contributed by atoms with Gasteiger partial charge in [0.05, 0.1) is 11.4 Å². The van der Waals surface area contributed by atoms with Crippen LogP contribution >= 0.6 is 0 Å². The maximum Gasteiger partial charge on any atom is 0.107 e. The van der Waals surface area contributed by atoms with Crippen LogP contribution in [0, 0.1) is 0 Å². The topological polar surface area (TPSA) is 15.3 Å². The molecule has 0 fully saturated rings. The van der Waals surface area contributed by atoms with Crippen molar-refractivity contribution < 1.29 is 0 Å². The van der Waals surface area contributed by atoms with Gasteiger partial charge in [-0.1, -0.05) is 73.9 Å². The average molecular weight is 314 g/mol. The monoisotopic (exact) mass is 314 g/mol. The van der Waals surface area contributed by atoms with Crippen LogP contribution in [0.1, 0.15) is 18.9 Å². The summed E-state index contributed by atoms with van der Waals surface area (Å²) in [5.74, 6) is 0.828. The van der Waals surface area contributed by atoms with Crippen LogP contribution in [0.3, 0.4) is 0 Å². The molecule has 0 radical (unpaired) electrons. The molecule has 0 unspecified atom stereocenters. The Morgan fingerprint density at radius 2 is 1.92 bits per heavy atom. The van der Waals surface area contributed by atoms with E-state index in [0.29, 0.717) is 0 Å². The minimum Gasteiger partial charge on any atom is -0.341 e. The van der Waals surface area contributed by atoms with Gasteiger partial charge in [0.1, 0.15) is 5.82 Å². The summed E-state index contributed by atoms with van der Waals surface area (Å²) in [6.07, 6.45) is 11.1. The summed E-state index contributed by atoms with van der Waals surface area (Å²) >= 11 is 0. The first kappa shape index (κ1) is 15.9. The van der Waals surface area contributed by atoms with Gasteiger partial charge in [0.25, 0.3) is 0 Å². The van der Waals surface area contributed by atoms with Gasteiger partial charge >= 0.3 is 0 Å². The van der Waals surface area contributed by atoms with E-state index in [1.165, 1.54) is 16.7 Å². The number of hydrogen-bond donors (Lipinski definition) is 1. The van der Waals surface area contributed by atoms with Gasteiger partial charge in [-0.05, 0) is 36.1 Å². The van der Waals surface area contributed by atoms with Gasteiger partial charge in [-0.25, -0.2) is 0 Å². The summed E-state index contributed by atoms with van der Waals surface area (Å²) < 4.78 is 0. The second kappa shape index (κ2) is 6.63. The van der Waals surface area contributed by atoms with Crippen molar-refractivity contribution in [3.63, 3.8) is 0 Å². The van der Waals surface area contributed by atoms with Crippen LogP contribution in [0.25, 0.3) is 5.57 Å². The smallest absolute Gasteiger partial charge is 0.107 e. The first-order valence-corrected chi connectivity index (χ1v) is 8.02. The third kappa shape index (κ3) is 3.04. The summed E-state index contributed by atoms with van der Waals surface area (Å²) in [4.78, 5) is 2.10. The normalized spacial score (nSPS) is 18.0. The zero-order valence-corrected chi connectivity index (χ0v) is 14.0. The number of nitrogens with zero attached hydrogens (tertiary/aromatic N) is 1. The molecule has 1 heterocycles. The van der Waals surface area contributed by atoms with E-state index in [2.05, 4.69) is 79.4 Å². The lowest BCUT2D eigenvalue weighted by Crippen LogP contribution is -2.20. The minimum absolute atomic E-state index is 0.828. The third-order valence-electron chi connectivity index (χ3n) is 4.23. The summed E-state index contributed by atoms with van der Waals surface area (Å²) in [5, 5.41) is 3.26. The highest BCUT2D eigenvalue weighted by molar-refractivity contribution is 5.73. The van der Waals surface area contributed by atoms with Crippen molar-refractivity contribution in [1.82, 2.24) is 10.2 Å². The fourth-order valence-electron chi connectivity index (χ4n) is 2.90. The van der Waals surface area contributed by atoms with Gasteiger partial charge < -0.3 is 10.2 Å². The molecule has 1 aliphatic carbocycles. The fourth-order valence-corrected chi connectivity index (χ4v) is 2.90. The van der Waals surface area contributed by atoms with Crippen LogP contribution in [0.4, 0.5) is 0 Å². The average Bonchev–Trinajstić information content (AvgIpc) is 2.98. The van der Waals surface area contributed by atoms with Crippen LogP contribution in [0.15, 0.2) is 109 Å². The minimum atomic E-state index is 0.828. The number of rotatable bonds is 4. The Morgan fingerprint density at radius 1 is 1.17 bits per heavy atom. The predicted octanol–water partition coefficient (Wildman–Crippen LogP) is 5.26. The Kier molecular flexibility index (Phi) is 4.39. The van der Waals surface area contributed by atoms with Gasteiger partial charge in [0.15, 0.2) is 0 Å². The predicted molar refractivity (Wildman–Crippen MR) is 102 cm³/mol. The SMILES string of the molecule is C=CC1=CN(/C(C2=CCC(=C)C=C2)=C(\C)c2ccccc2)C(=C)N1. The molecular weight excluding hydrogens is 292 g/mol. The van der Waals surface area contributed by atoms with E-state index in [-0.39, 0.29) is 0 Å². The highest BCUT2D eigenvalue weighted by Gasteiger charge is 2.23. The summed E-state index contributed by atoms with van der Waals surface area (Å²) in [6.45, 7) is 14.2. The van der Waals surface area contributed by atoms with E-state index in [1.807, 2.05) is 12.3 Å². The van der Waals surface area contributed by atoms with Crippen LogP contribution in [0.2, 0.25) is 0 Å². The Morgan fingerprint density at radius 3 is 2.50 bits per heavy atom. The standard InChI is InChI=1S/C22H22N2/c1-5-21-15-24(18(4)23-21)22(20-13-11-16(2)12-14-20)17(3)19-9-7-6-8-10-19/h5-11,13-15,23H,1-2,4,12H2,3H3/b22-17+. The lowest BCUT2D eigenvalue weighted by atomic mass is 9.95. The molecule has 1 aromatic rings. The molecule has 120 valence electrons. The van der Waals surface area contributed by atoms with Crippen molar-refractivity contribution in [2.45, 2.75) is 13.3 Å². The van der Waals surface area contributed by atoms with Gasteiger partial charge in [0, 0.05) is 6.20 Å². The van der Waals surface area contributed by atoms with Crippen LogP contribution < -0.4 is 5.32 Å². The molecule has 2 aliphatic rings. The van der Waals surface area contributed by atoms with Crippen LogP contribution in [0.5, 0.6) is 0 Å². The number of benzene rings is 1. The number of allylic oxidation sites excluding steroid dienone is 6. The molecule has 0 spiro atoms. The van der Waals surface area contributed by atoms with Crippen molar-refractivity contribution in [3.8, 4) is 0 Å². The summed E-state index contributed by atoms with van der Waals surface area (Å²) in [6, 6.07) is 10.4. The molecule has 0 aromatic heterocycles. The second-order valence-electron chi connectivity index (χ2n) is 5.93. The molecule has 2 heteroatoms. The van der Waals surface area contributed by atoms with Crippen LogP contribution in [-0.2, 0) is 0 Å². The van der Waals surface area contributed by atoms with Crippen molar-refractivity contribution in [2.24, 2.45) is 0 Å². The third-order valence-corrected chi connectivity index (χ3v) is 4.23. The van der Waals surface area contributed by atoms with E-state index in [1.54, 1.807) is 6.08 Å². The van der Waals surface area contributed by atoms with Gasteiger partial charge in [-0.2, -0.15) is 0 Å². The number of nitrogens with one attached hydrogen (secondary N) is 1. The molecule has 3 rings (SSSR count). The van der Waals surface area contributed by atoms with Crippen LogP contribution in [-0.4, -0.2) is 4.90 Å². The second-order valence-corrected chi connectivity index (χ2v) is 5.93. The van der Waals surface area contributed by atoms with Gasteiger partial charge in [-0.3, -0.25) is 0 Å². The van der Waals surface area contributed by atoms with Crippen molar-refractivity contribution >= 4 is 5.57 Å². The zero-order valence-electron chi connectivity index (χ0n) is 14.0. The molecule has 0 amide bonds.